The molecule has 1 unspecified atom stereocenters. The van der Waals surface area contributed by atoms with Crippen molar-refractivity contribution in [2.24, 2.45) is 17.3 Å². The van der Waals surface area contributed by atoms with E-state index in [0.29, 0.717) is 42.2 Å². The van der Waals surface area contributed by atoms with Crippen molar-refractivity contribution in [2.45, 2.75) is 63.8 Å². The molecule has 1 aromatic rings. The number of anilines is 2. The molecule has 1 atom stereocenters. The van der Waals surface area contributed by atoms with Crippen LogP contribution in [0, 0.1) is 23.1 Å². The second-order valence-corrected chi connectivity index (χ2v) is 11.2. The third-order valence-electron chi connectivity index (χ3n) is 8.78. The van der Waals surface area contributed by atoms with Crippen molar-refractivity contribution in [2.75, 3.05) is 43.0 Å². The SMILES string of the molecule is O=C1CCC(Nc2ccc(N3CCC(C(=O)N4CC5(CCC(CCO)CC5)C4)CC3)c(F)c2)C(=O)N1. The maximum atomic E-state index is 14.9. The van der Waals surface area contributed by atoms with Crippen molar-refractivity contribution in [3.05, 3.63) is 24.0 Å². The van der Waals surface area contributed by atoms with Crippen molar-refractivity contribution in [1.82, 2.24) is 10.2 Å². The molecule has 9 heteroatoms. The van der Waals surface area contributed by atoms with Gasteiger partial charge in [0.05, 0.1) is 5.69 Å². The van der Waals surface area contributed by atoms with E-state index in [-0.39, 0.29) is 42.5 Å². The maximum absolute atomic E-state index is 14.9. The highest BCUT2D eigenvalue weighted by Crippen LogP contribution is 2.47. The summed E-state index contributed by atoms with van der Waals surface area (Å²) in [7, 11) is 0. The lowest BCUT2D eigenvalue weighted by molar-refractivity contribution is -0.151. The summed E-state index contributed by atoms with van der Waals surface area (Å²) in [5.74, 6) is -0.139. The van der Waals surface area contributed by atoms with Gasteiger partial charge in [0, 0.05) is 56.2 Å². The molecule has 1 aliphatic carbocycles. The largest absolute Gasteiger partial charge is 0.396 e. The van der Waals surface area contributed by atoms with Crippen LogP contribution in [0.3, 0.4) is 0 Å². The van der Waals surface area contributed by atoms with E-state index in [2.05, 4.69) is 10.6 Å². The summed E-state index contributed by atoms with van der Waals surface area (Å²) < 4.78 is 14.9. The molecule has 4 fully saturated rings. The number of hydrogen-bond acceptors (Lipinski definition) is 6. The van der Waals surface area contributed by atoms with Gasteiger partial charge in [-0.1, -0.05) is 0 Å². The zero-order chi connectivity index (χ0) is 25.3. The van der Waals surface area contributed by atoms with E-state index >= 15 is 0 Å². The summed E-state index contributed by atoms with van der Waals surface area (Å²) in [5, 5.41) is 14.5. The predicted molar refractivity (Wildman–Crippen MR) is 134 cm³/mol. The molecular weight excluding hydrogens is 463 g/mol. The second-order valence-electron chi connectivity index (χ2n) is 11.2. The quantitative estimate of drug-likeness (QED) is 0.519. The molecule has 0 radical (unpaired) electrons. The molecule has 0 aromatic heterocycles. The summed E-state index contributed by atoms with van der Waals surface area (Å²) in [6.45, 7) is 3.28. The Morgan fingerprint density at radius 2 is 1.83 bits per heavy atom. The summed E-state index contributed by atoms with van der Waals surface area (Å²) >= 11 is 0. The van der Waals surface area contributed by atoms with Gasteiger partial charge in [0.1, 0.15) is 11.9 Å². The molecule has 3 amide bonds. The Hall–Kier alpha value is -2.68. The lowest BCUT2D eigenvalue weighted by Gasteiger charge is -2.54. The van der Waals surface area contributed by atoms with E-state index in [0.717, 1.165) is 58.0 Å². The monoisotopic (exact) mass is 500 g/mol. The summed E-state index contributed by atoms with van der Waals surface area (Å²) in [5.41, 5.74) is 1.32. The van der Waals surface area contributed by atoms with Crippen LogP contribution in [0.25, 0.3) is 0 Å². The molecule has 0 bridgehead atoms. The lowest BCUT2D eigenvalue weighted by Crippen LogP contribution is -2.61. The minimum Gasteiger partial charge on any atom is -0.396 e. The highest BCUT2D eigenvalue weighted by Gasteiger charge is 2.48. The number of carbonyl (C=O) groups excluding carboxylic acids is 3. The first-order valence-corrected chi connectivity index (χ1v) is 13.4. The Morgan fingerprint density at radius 1 is 1.11 bits per heavy atom. The molecule has 3 N–H and O–H groups in total. The third kappa shape index (κ3) is 5.21. The fourth-order valence-electron chi connectivity index (χ4n) is 6.51. The lowest BCUT2D eigenvalue weighted by atomic mass is 9.65. The fourth-order valence-corrected chi connectivity index (χ4v) is 6.51. The minimum absolute atomic E-state index is 0.000790. The van der Waals surface area contributed by atoms with Crippen LogP contribution in [-0.4, -0.2) is 66.6 Å². The molecule has 1 saturated carbocycles. The number of benzene rings is 1. The Kier molecular flexibility index (Phi) is 7.19. The Morgan fingerprint density at radius 3 is 2.47 bits per heavy atom. The molecule has 5 rings (SSSR count). The molecule has 36 heavy (non-hydrogen) atoms. The predicted octanol–water partition coefficient (Wildman–Crippen LogP) is 2.66. The Labute approximate surface area is 211 Å². The van der Waals surface area contributed by atoms with Crippen molar-refractivity contribution < 1.29 is 23.9 Å². The van der Waals surface area contributed by atoms with Crippen LogP contribution >= 0.6 is 0 Å². The first-order chi connectivity index (χ1) is 17.4. The number of amides is 3. The highest BCUT2D eigenvalue weighted by atomic mass is 19.1. The van der Waals surface area contributed by atoms with Crippen LogP contribution in [0.4, 0.5) is 15.8 Å². The number of hydrogen-bond donors (Lipinski definition) is 3. The van der Waals surface area contributed by atoms with Gasteiger partial charge in [-0.3, -0.25) is 19.7 Å². The molecule has 3 heterocycles. The van der Waals surface area contributed by atoms with Crippen LogP contribution in [0.1, 0.15) is 57.8 Å². The van der Waals surface area contributed by atoms with Crippen molar-refractivity contribution in [3.8, 4) is 0 Å². The molecule has 1 aromatic carbocycles. The van der Waals surface area contributed by atoms with E-state index < -0.39 is 6.04 Å². The van der Waals surface area contributed by atoms with Gasteiger partial charge in [-0.15, -0.1) is 0 Å². The number of piperidine rings is 2. The number of halogens is 1. The smallest absolute Gasteiger partial charge is 0.249 e. The Bertz CT molecular complexity index is 993. The second kappa shape index (κ2) is 10.4. The van der Waals surface area contributed by atoms with Gasteiger partial charge < -0.3 is 20.2 Å². The van der Waals surface area contributed by atoms with E-state index in [1.807, 2.05) is 9.80 Å². The van der Waals surface area contributed by atoms with E-state index in [9.17, 15) is 23.9 Å². The summed E-state index contributed by atoms with van der Waals surface area (Å²) in [6, 6.07) is 4.32. The number of imide groups is 1. The van der Waals surface area contributed by atoms with Gasteiger partial charge in [-0.05, 0) is 75.5 Å². The topological polar surface area (TPSA) is 102 Å². The van der Waals surface area contributed by atoms with Crippen LogP contribution in [0.2, 0.25) is 0 Å². The van der Waals surface area contributed by atoms with Crippen LogP contribution in [0.15, 0.2) is 18.2 Å². The van der Waals surface area contributed by atoms with Gasteiger partial charge in [0.2, 0.25) is 17.7 Å². The van der Waals surface area contributed by atoms with Crippen LogP contribution in [-0.2, 0) is 14.4 Å². The number of nitrogens with one attached hydrogen (secondary N) is 2. The van der Waals surface area contributed by atoms with Crippen molar-refractivity contribution >= 4 is 29.1 Å². The van der Waals surface area contributed by atoms with Gasteiger partial charge in [0.15, 0.2) is 0 Å². The van der Waals surface area contributed by atoms with Gasteiger partial charge >= 0.3 is 0 Å². The molecular formula is C27H37FN4O4. The highest BCUT2D eigenvalue weighted by molar-refractivity contribution is 6.01. The standard InChI is InChI=1S/C27H37FN4O4/c28-21-15-20(29-22-2-4-24(34)30-25(22)35)1-3-23(21)31-12-7-19(8-13-31)26(36)32-16-27(17-32)10-5-18(6-11-27)9-14-33/h1,3,15,18-19,22,29,33H,2,4-14,16-17H2,(H,30,34,35). The first kappa shape index (κ1) is 25.0. The number of nitrogens with zero attached hydrogens (tertiary/aromatic N) is 2. The third-order valence-corrected chi connectivity index (χ3v) is 8.78. The molecule has 1 spiro atoms. The van der Waals surface area contributed by atoms with Crippen molar-refractivity contribution in [3.63, 3.8) is 0 Å². The average Bonchev–Trinajstić information content (AvgIpc) is 2.85. The van der Waals surface area contributed by atoms with Crippen LogP contribution < -0.4 is 15.5 Å². The van der Waals surface area contributed by atoms with Crippen LogP contribution in [0.5, 0.6) is 0 Å². The Balaban J connectivity index is 1.09. The summed E-state index contributed by atoms with van der Waals surface area (Å²) in [6.07, 6.45) is 7.63. The van der Waals surface area contributed by atoms with E-state index in [4.69, 9.17) is 0 Å². The first-order valence-electron chi connectivity index (χ1n) is 13.4. The van der Waals surface area contributed by atoms with Gasteiger partial charge in [0.25, 0.3) is 0 Å². The zero-order valence-corrected chi connectivity index (χ0v) is 20.8. The number of likely N-dealkylation sites (tertiary alicyclic amines) is 1. The van der Waals surface area contributed by atoms with Gasteiger partial charge in [-0.25, -0.2) is 4.39 Å². The number of aliphatic hydroxyl groups excluding tert-OH is 1. The fraction of sp³-hybridized carbons (Fsp3) is 0.667. The molecule has 8 nitrogen and oxygen atoms in total. The summed E-state index contributed by atoms with van der Waals surface area (Å²) in [4.78, 5) is 40.4. The number of aliphatic hydroxyl groups is 1. The van der Waals surface area contributed by atoms with Crippen molar-refractivity contribution in [1.29, 1.82) is 0 Å². The van der Waals surface area contributed by atoms with E-state index in [1.54, 1.807) is 12.1 Å². The number of rotatable bonds is 6. The molecule has 4 aliphatic rings. The average molecular weight is 501 g/mol. The molecule has 3 aliphatic heterocycles. The van der Waals surface area contributed by atoms with E-state index in [1.165, 1.54) is 6.07 Å². The molecule has 3 saturated heterocycles. The maximum Gasteiger partial charge on any atom is 0.249 e. The van der Waals surface area contributed by atoms with Gasteiger partial charge in [-0.2, -0.15) is 0 Å². The normalized spacial score (nSPS) is 25.0. The zero-order valence-electron chi connectivity index (χ0n) is 20.8. The minimum atomic E-state index is -0.550. The number of carbonyl (C=O) groups is 3. The molecule has 196 valence electrons.